The molecule has 39 heavy (non-hydrogen) atoms. The Bertz CT molecular complexity index is 1230. The molecule has 3 saturated heterocycles. The highest BCUT2D eigenvalue weighted by molar-refractivity contribution is 5.75. The lowest BCUT2D eigenvalue weighted by atomic mass is 9.88. The number of carbonyl (C=O) groups is 1. The first-order valence-electron chi connectivity index (χ1n) is 14.3. The molecule has 0 bridgehead atoms. The molecule has 1 amide bonds. The molecule has 5 heterocycles. The molecule has 4 aliphatic rings. The molecule has 9 nitrogen and oxygen atoms in total. The maximum absolute atomic E-state index is 12.5. The minimum absolute atomic E-state index is 0.126. The van der Waals surface area contributed by atoms with Gasteiger partial charge in [0.1, 0.15) is 23.3 Å². The van der Waals surface area contributed by atoms with Crippen LogP contribution in [0.3, 0.4) is 0 Å². The number of morpholine rings is 1. The highest BCUT2D eigenvalue weighted by atomic mass is 16.6. The lowest BCUT2D eigenvalue weighted by Gasteiger charge is -2.43. The number of rotatable bonds is 3. The minimum Gasteiger partial charge on any atom is -0.483 e. The molecule has 210 valence electrons. The number of fused-ring (bicyclic) bond motifs is 2. The first-order valence-corrected chi connectivity index (χ1v) is 14.3. The van der Waals surface area contributed by atoms with Crippen LogP contribution in [0.25, 0.3) is 0 Å². The van der Waals surface area contributed by atoms with Crippen molar-refractivity contribution < 1.29 is 19.0 Å². The Morgan fingerprint density at radius 2 is 1.90 bits per heavy atom. The molecule has 4 aliphatic heterocycles. The Morgan fingerprint density at radius 3 is 2.64 bits per heavy atom. The summed E-state index contributed by atoms with van der Waals surface area (Å²) in [5.41, 5.74) is 5.25. The predicted octanol–water partition coefficient (Wildman–Crippen LogP) is 4.83. The fourth-order valence-corrected chi connectivity index (χ4v) is 6.25. The highest BCUT2D eigenvalue weighted by Gasteiger charge is 2.39. The molecule has 6 rings (SSSR count). The number of hydrogen-bond acceptors (Lipinski definition) is 8. The molecule has 0 spiro atoms. The standard InChI is InChI=1S/C30H41N5O4/c1-19-14-21(22-16-35(17-22)23-7-9-34(18-23)29(36)39-30(3,4)5)15-24-27(19)38-20(2)26-25(6-8-31-28(26)32-24)33-10-12-37-13-11-33/h6,8,14-15,20,22-23H,7,9-13,16-18H2,1-5H3,(H,31,32). The van der Waals surface area contributed by atoms with Gasteiger partial charge in [0.25, 0.3) is 0 Å². The number of ether oxygens (including phenoxy) is 3. The lowest BCUT2D eigenvalue weighted by Crippen LogP contribution is -2.52. The maximum atomic E-state index is 12.5. The molecular formula is C30H41N5O4. The van der Waals surface area contributed by atoms with E-state index in [1.54, 1.807) is 0 Å². The van der Waals surface area contributed by atoms with Crippen LogP contribution < -0.4 is 15.0 Å². The number of nitrogens with one attached hydrogen (secondary N) is 1. The van der Waals surface area contributed by atoms with Gasteiger partial charge < -0.3 is 29.3 Å². The zero-order valence-corrected chi connectivity index (χ0v) is 23.8. The fourth-order valence-electron chi connectivity index (χ4n) is 6.25. The van der Waals surface area contributed by atoms with Crippen molar-refractivity contribution in [1.29, 1.82) is 0 Å². The smallest absolute Gasteiger partial charge is 0.410 e. The van der Waals surface area contributed by atoms with Crippen molar-refractivity contribution in [3.63, 3.8) is 0 Å². The van der Waals surface area contributed by atoms with Gasteiger partial charge in [-0.2, -0.15) is 0 Å². The first kappa shape index (κ1) is 26.2. The number of anilines is 3. The molecule has 0 radical (unpaired) electrons. The van der Waals surface area contributed by atoms with Crippen LogP contribution in [0.15, 0.2) is 24.4 Å². The third-order valence-electron chi connectivity index (χ3n) is 8.28. The summed E-state index contributed by atoms with van der Waals surface area (Å²) in [6.07, 6.45) is 2.56. The van der Waals surface area contributed by atoms with Gasteiger partial charge in [-0.1, -0.05) is 6.07 Å². The molecule has 0 saturated carbocycles. The van der Waals surface area contributed by atoms with Gasteiger partial charge in [0, 0.05) is 63.1 Å². The maximum Gasteiger partial charge on any atom is 0.410 e. The number of benzene rings is 1. The molecule has 0 aliphatic carbocycles. The summed E-state index contributed by atoms with van der Waals surface area (Å²) in [6, 6.07) is 7.02. The molecule has 2 aromatic rings. The Labute approximate surface area is 231 Å². The summed E-state index contributed by atoms with van der Waals surface area (Å²) in [4.78, 5) is 24.0. The predicted molar refractivity (Wildman–Crippen MR) is 151 cm³/mol. The Hall–Kier alpha value is -3.04. The van der Waals surface area contributed by atoms with E-state index in [1.165, 1.54) is 11.3 Å². The second-order valence-corrected chi connectivity index (χ2v) is 12.3. The zero-order chi connectivity index (χ0) is 27.3. The van der Waals surface area contributed by atoms with E-state index in [2.05, 4.69) is 47.2 Å². The Balaban J connectivity index is 1.15. The molecule has 1 N–H and O–H groups in total. The van der Waals surface area contributed by atoms with Crippen molar-refractivity contribution in [3.8, 4) is 5.75 Å². The second-order valence-electron chi connectivity index (χ2n) is 12.3. The van der Waals surface area contributed by atoms with Crippen LogP contribution in [0.5, 0.6) is 5.75 Å². The number of hydrogen-bond donors (Lipinski definition) is 1. The number of carbonyl (C=O) groups excluding carboxylic acids is 1. The Morgan fingerprint density at radius 1 is 1.13 bits per heavy atom. The number of aromatic nitrogens is 1. The number of pyridine rings is 1. The summed E-state index contributed by atoms with van der Waals surface area (Å²) in [5.74, 6) is 2.22. The summed E-state index contributed by atoms with van der Waals surface area (Å²) >= 11 is 0. The van der Waals surface area contributed by atoms with Crippen LogP contribution in [-0.2, 0) is 9.47 Å². The summed E-state index contributed by atoms with van der Waals surface area (Å²) < 4.78 is 17.7. The summed E-state index contributed by atoms with van der Waals surface area (Å²) in [5, 5.41) is 3.63. The monoisotopic (exact) mass is 535 g/mol. The number of amides is 1. The molecular weight excluding hydrogens is 494 g/mol. The third kappa shape index (κ3) is 5.26. The molecule has 9 heteroatoms. The molecule has 3 fully saturated rings. The van der Waals surface area contributed by atoms with Crippen LogP contribution in [-0.4, -0.2) is 85.0 Å². The van der Waals surface area contributed by atoms with Crippen molar-refractivity contribution in [2.45, 2.75) is 64.7 Å². The quantitative estimate of drug-likeness (QED) is 0.599. The zero-order valence-electron chi connectivity index (χ0n) is 23.8. The van der Waals surface area contributed by atoms with E-state index in [1.807, 2.05) is 31.9 Å². The average Bonchev–Trinajstić information content (AvgIpc) is 3.29. The van der Waals surface area contributed by atoms with Crippen molar-refractivity contribution >= 4 is 23.3 Å². The van der Waals surface area contributed by atoms with Gasteiger partial charge in [-0.15, -0.1) is 0 Å². The average molecular weight is 536 g/mol. The fraction of sp³-hybridized carbons (Fsp3) is 0.600. The van der Waals surface area contributed by atoms with E-state index in [0.717, 1.165) is 87.3 Å². The van der Waals surface area contributed by atoms with E-state index in [0.29, 0.717) is 12.0 Å². The van der Waals surface area contributed by atoms with Gasteiger partial charge in [0.15, 0.2) is 0 Å². The van der Waals surface area contributed by atoms with Crippen LogP contribution in [0.2, 0.25) is 0 Å². The van der Waals surface area contributed by atoms with Crippen molar-refractivity contribution in [2.24, 2.45) is 0 Å². The molecule has 1 aromatic carbocycles. The highest BCUT2D eigenvalue weighted by Crippen LogP contribution is 2.45. The van der Waals surface area contributed by atoms with E-state index in [-0.39, 0.29) is 12.2 Å². The van der Waals surface area contributed by atoms with Crippen LogP contribution in [0.1, 0.15) is 62.8 Å². The largest absolute Gasteiger partial charge is 0.483 e. The number of aryl methyl sites for hydroxylation is 1. The number of likely N-dealkylation sites (tertiary alicyclic amines) is 2. The molecule has 2 unspecified atom stereocenters. The van der Waals surface area contributed by atoms with Crippen molar-refractivity contribution in [2.75, 3.05) is 62.7 Å². The number of nitrogens with zero attached hydrogens (tertiary/aromatic N) is 4. The van der Waals surface area contributed by atoms with E-state index in [9.17, 15) is 4.79 Å². The van der Waals surface area contributed by atoms with Gasteiger partial charge in [-0.25, -0.2) is 9.78 Å². The van der Waals surface area contributed by atoms with Crippen molar-refractivity contribution in [1.82, 2.24) is 14.8 Å². The van der Waals surface area contributed by atoms with Gasteiger partial charge in [-0.05, 0) is 64.3 Å². The minimum atomic E-state index is -0.462. The van der Waals surface area contributed by atoms with Crippen molar-refractivity contribution in [3.05, 3.63) is 41.1 Å². The lowest BCUT2D eigenvalue weighted by molar-refractivity contribution is 0.0260. The molecule has 2 atom stereocenters. The first-order chi connectivity index (χ1) is 18.7. The van der Waals surface area contributed by atoms with E-state index >= 15 is 0 Å². The van der Waals surface area contributed by atoms with Gasteiger partial charge in [0.2, 0.25) is 0 Å². The Kier molecular flexibility index (Phi) is 6.83. The topological polar surface area (TPSA) is 79.4 Å². The van der Waals surface area contributed by atoms with E-state index in [4.69, 9.17) is 19.2 Å². The van der Waals surface area contributed by atoms with Gasteiger partial charge in [-0.3, -0.25) is 4.90 Å². The SMILES string of the molecule is Cc1cc(C2CN(C3CCN(C(=O)OC(C)(C)C)C3)C2)cc2c1OC(C)c1c(N3CCOCC3)ccnc1N2. The molecule has 1 aromatic heterocycles. The normalized spacial score (nSPS) is 23.7. The summed E-state index contributed by atoms with van der Waals surface area (Å²) in [6.45, 7) is 16.7. The second kappa shape index (κ2) is 10.2. The third-order valence-corrected chi connectivity index (χ3v) is 8.28. The summed E-state index contributed by atoms with van der Waals surface area (Å²) in [7, 11) is 0. The van der Waals surface area contributed by atoms with Gasteiger partial charge >= 0.3 is 6.09 Å². The van der Waals surface area contributed by atoms with Crippen LogP contribution in [0.4, 0.5) is 22.0 Å². The van der Waals surface area contributed by atoms with Gasteiger partial charge in [0.05, 0.1) is 24.5 Å². The van der Waals surface area contributed by atoms with Crippen LogP contribution in [0, 0.1) is 6.92 Å². The van der Waals surface area contributed by atoms with Crippen LogP contribution >= 0.6 is 0 Å². The van der Waals surface area contributed by atoms with E-state index < -0.39 is 5.60 Å².